The van der Waals surface area contributed by atoms with Crippen LogP contribution >= 0.6 is 0 Å². The van der Waals surface area contributed by atoms with Crippen molar-refractivity contribution >= 4 is 17.3 Å². The minimum atomic E-state index is -0.436. The van der Waals surface area contributed by atoms with Gasteiger partial charge in [0.2, 0.25) is 11.6 Å². The second-order valence-electron chi connectivity index (χ2n) is 4.92. The molecule has 0 bridgehead atoms. The Hall–Kier alpha value is -2.70. The van der Waals surface area contributed by atoms with E-state index in [0.29, 0.717) is 18.9 Å². The molecule has 2 rings (SSSR count). The van der Waals surface area contributed by atoms with E-state index in [1.165, 1.54) is 6.33 Å². The molecule has 1 heterocycles. The van der Waals surface area contributed by atoms with Crippen molar-refractivity contribution in [1.29, 1.82) is 0 Å². The summed E-state index contributed by atoms with van der Waals surface area (Å²) >= 11 is 0. The number of aromatic nitrogens is 2. The zero-order valence-electron chi connectivity index (χ0n) is 12.7. The molecule has 1 aromatic heterocycles. The second-order valence-corrected chi connectivity index (χ2v) is 4.92. The molecule has 0 aliphatic rings. The summed E-state index contributed by atoms with van der Waals surface area (Å²) in [7, 11) is 1.78. The lowest BCUT2D eigenvalue weighted by atomic mass is 10.2. The Kier molecular flexibility index (Phi) is 5.24. The Labute approximate surface area is 129 Å². The smallest absolute Gasteiger partial charge is 0.353 e. The molecule has 7 nitrogen and oxygen atoms in total. The third kappa shape index (κ3) is 3.69. The second kappa shape index (κ2) is 7.35. The highest BCUT2D eigenvalue weighted by Crippen LogP contribution is 2.31. The molecule has 0 aliphatic carbocycles. The molecule has 0 aliphatic heterocycles. The highest BCUT2D eigenvalue weighted by atomic mass is 16.6. The summed E-state index contributed by atoms with van der Waals surface area (Å²) in [5.41, 5.74) is 0.968. The molecule has 22 heavy (non-hydrogen) atoms. The van der Waals surface area contributed by atoms with Gasteiger partial charge in [-0.15, -0.1) is 0 Å². The number of rotatable bonds is 7. The molecule has 0 saturated heterocycles. The summed E-state index contributed by atoms with van der Waals surface area (Å²) in [5.74, 6) is 0.569. The van der Waals surface area contributed by atoms with Gasteiger partial charge in [-0.25, -0.2) is 9.97 Å². The molecule has 1 N–H and O–H groups in total. The number of nitro groups is 1. The van der Waals surface area contributed by atoms with Crippen molar-refractivity contribution in [3.8, 4) is 0 Å². The molecule has 0 atom stereocenters. The maximum atomic E-state index is 11.4. The third-order valence-electron chi connectivity index (χ3n) is 3.15. The maximum absolute atomic E-state index is 11.4. The monoisotopic (exact) mass is 301 g/mol. The topological polar surface area (TPSA) is 84.2 Å². The van der Waals surface area contributed by atoms with Gasteiger partial charge in [-0.1, -0.05) is 37.3 Å². The summed E-state index contributed by atoms with van der Waals surface area (Å²) in [5, 5.41) is 14.4. The van der Waals surface area contributed by atoms with Crippen LogP contribution in [-0.4, -0.2) is 28.5 Å². The summed E-state index contributed by atoms with van der Waals surface area (Å²) in [4.78, 5) is 20.8. The minimum absolute atomic E-state index is 0.0885. The molecule has 0 saturated carbocycles. The number of anilines is 2. The van der Waals surface area contributed by atoms with Crippen molar-refractivity contribution in [2.75, 3.05) is 23.8 Å². The molecule has 0 radical (unpaired) electrons. The van der Waals surface area contributed by atoms with Crippen molar-refractivity contribution < 1.29 is 4.92 Å². The standard InChI is InChI=1S/C15H19N5O2/c1-3-9-16-14-13(20(21)22)15(18-11-17-14)19(2)10-12-7-5-4-6-8-12/h4-8,11H,3,9-10H2,1-2H3,(H,16,17,18). The molecule has 0 spiro atoms. The van der Waals surface area contributed by atoms with Crippen LogP contribution in [0.4, 0.5) is 17.3 Å². The fourth-order valence-corrected chi connectivity index (χ4v) is 2.12. The van der Waals surface area contributed by atoms with Crippen molar-refractivity contribution in [3.05, 3.63) is 52.3 Å². The van der Waals surface area contributed by atoms with Crippen molar-refractivity contribution in [3.63, 3.8) is 0 Å². The highest BCUT2D eigenvalue weighted by molar-refractivity contribution is 5.70. The SMILES string of the molecule is CCCNc1ncnc(N(C)Cc2ccccc2)c1[N+](=O)[O-]. The van der Waals surface area contributed by atoms with Crippen LogP contribution in [0.3, 0.4) is 0 Å². The number of benzene rings is 1. The van der Waals surface area contributed by atoms with Crippen LogP contribution in [-0.2, 0) is 6.54 Å². The first-order valence-corrected chi connectivity index (χ1v) is 7.11. The van der Waals surface area contributed by atoms with Gasteiger partial charge >= 0.3 is 5.69 Å². The van der Waals surface area contributed by atoms with Crippen LogP contribution in [0.2, 0.25) is 0 Å². The summed E-state index contributed by atoms with van der Waals surface area (Å²) in [6, 6.07) is 9.75. The van der Waals surface area contributed by atoms with Gasteiger partial charge in [0.1, 0.15) is 6.33 Å². The van der Waals surface area contributed by atoms with E-state index in [2.05, 4.69) is 15.3 Å². The zero-order valence-corrected chi connectivity index (χ0v) is 12.7. The molecule has 0 amide bonds. The van der Waals surface area contributed by atoms with E-state index in [1.807, 2.05) is 37.3 Å². The predicted molar refractivity (Wildman–Crippen MR) is 86.0 cm³/mol. The summed E-state index contributed by atoms with van der Waals surface area (Å²) in [6.45, 7) is 3.15. The lowest BCUT2D eigenvalue weighted by Crippen LogP contribution is -2.20. The van der Waals surface area contributed by atoms with Gasteiger partial charge in [0, 0.05) is 20.1 Å². The predicted octanol–water partition coefficient (Wildman–Crippen LogP) is 2.84. The molecule has 1 aromatic carbocycles. The van der Waals surface area contributed by atoms with E-state index < -0.39 is 4.92 Å². The van der Waals surface area contributed by atoms with Crippen LogP contribution in [0.5, 0.6) is 0 Å². The largest absolute Gasteiger partial charge is 0.364 e. The number of nitrogens with zero attached hydrogens (tertiary/aromatic N) is 4. The van der Waals surface area contributed by atoms with Crippen LogP contribution in [0, 0.1) is 10.1 Å². The van der Waals surface area contributed by atoms with Gasteiger partial charge in [-0.2, -0.15) is 0 Å². The minimum Gasteiger partial charge on any atom is -0.364 e. The number of hydrogen-bond donors (Lipinski definition) is 1. The van der Waals surface area contributed by atoms with E-state index in [9.17, 15) is 10.1 Å². The van der Waals surface area contributed by atoms with Crippen molar-refractivity contribution in [2.45, 2.75) is 19.9 Å². The van der Waals surface area contributed by atoms with Crippen molar-refractivity contribution in [2.24, 2.45) is 0 Å². The molecule has 0 unspecified atom stereocenters. The third-order valence-corrected chi connectivity index (χ3v) is 3.15. The van der Waals surface area contributed by atoms with Crippen LogP contribution in [0.15, 0.2) is 36.7 Å². The Morgan fingerprint density at radius 3 is 2.64 bits per heavy atom. The van der Waals surface area contributed by atoms with Gasteiger partial charge in [-0.3, -0.25) is 10.1 Å². The first kappa shape index (κ1) is 15.7. The molecule has 7 heteroatoms. The van der Waals surface area contributed by atoms with Crippen molar-refractivity contribution in [1.82, 2.24) is 9.97 Å². The summed E-state index contributed by atoms with van der Waals surface area (Å²) < 4.78 is 0. The Morgan fingerprint density at radius 2 is 2.00 bits per heavy atom. The normalized spacial score (nSPS) is 10.3. The zero-order chi connectivity index (χ0) is 15.9. The maximum Gasteiger partial charge on any atom is 0.353 e. The quantitative estimate of drug-likeness (QED) is 0.625. The lowest BCUT2D eigenvalue weighted by Gasteiger charge is -2.18. The fraction of sp³-hybridized carbons (Fsp3) is 0.333. The summed E-state index contributed by atoms with van der Waals surface area (Å²) in [6.07, 6.45) is 2.21. The average molecular weight is 301 g/mol. The van der Waals surface area contributed by atoms with Gasteiger partial charge in [0.25, 0.3) is 0 Å². The Balaban J connectivity index is 2.30. The molecule has 116 valence electrons. The average Bonchev–Trinajstić information content (AvgIpc) is 2.53. The lowest BCUT2D eigenvalue weighted by molar-refractivity contribution is -0.383. The van der Waals surface area contributed by atoms with Crippen LogP contribution < -0.4 is 10.2 Å². The van der Waals surface area contributed by atoms with Crippen LogP contribution in [0.25, 0.3) is 0 Å². The van der Waals surface area contributed by atoms with Gasteiger partial charge in [0.15, 0.2) is 0 Å². The highest BCUT2D eigenvalue weighted by Gasteiger charge is 2.25. The van der Waals surface area contributed by atoms with E-state index >= 15 is 0 Å². The van der Waals surface area contributed by atoms with E-state index in [-0.39, 0.29) is 11.5 Å². The molecular weight excluding hydrogens is 282 g/mol. The van der Waals surface area contributed by atoms with E-state index in [0.717, 1.165) is 12.0 Å². The number of hydrogen-bond acceptors (Lipinski definition) is 6. The Morgan fingerprint density at radius 1 is 1.27 bits per heavy atom. The molecule has 0 fully saturated rings. The Bertz CT molecular complexity index is 633. The first-order valence-electron chi connectivity index (χ1n) is 7.11. The first-order chi connectivity index (χ1) is 10.6. The van der Waals surface area contributed by atoms with Gasteiger partial charge in [0.05, 0.1) is 4.92 Å². The van der Waals surface area contributed by atoms with E-state index in [1.54, 1.807) is 11.9 Å². The van der Waals surface area contributed by atoms with Gasteiger partial charge < -0.3 is 10.2 Å². The van der Waals surface area contributed by atoms with E-state index in [4.69, 9.17) is 0 Å². The van der Waals surface area contributed by atoms with Crippen LogP contribution in [0.1, 0.15) is 18.9 Å². The molecule has 2 aromatic rings. The molecular formula is C15H19N5O2. The fourth-order valence-electron chi connectivity index (χ4n) is 2.12. The van der Waals surface area contributed by atoms with Gasteiger partial charge in [-0.05, 0) is 12.0 Å². The number of nitrogens with one attached hydrogen (secondary N) is 1.